The van der Waals surface area contributed by atoms with Crippen LogP contribution >= 0.6 is 0 Å². The highest BCUT2D eigenvalue weighted by molar-refractivity contribution is 5.92. The van der Waals surface area contributed by atoms with Gasteiger partial charge in [-0.3, -0.25) is 18.7 Å². The molecular formula is C22H16F3N3O4. The molecule has 0 fully saturated rings. The van der Waals surface area contributed by atoms with Crippen molar-refractivity contribution in [1.29, 1.82) is 0 Å². The zero-order valence-electron chi connectivity index (χ0n) is 16.4. The second-order valence-electron chi connectivity index (χ2n) is 6.95. The minimum atomic E-state index is -4.66. The highest BCUT2D eigenvalue weighted by Crippen LogP contribution is 2.34. The van der Waals surface area contributed by atoms with Crippen LogP contribution < -0.4 is 16.6 Å². The van der Waals surface area contributed by atoms with Gasteiger partial charge in [-0.25, -0.2) is 4.79 Å². The van der Waals surface area contributed by atoms with E-state index in [2.05, 4.69) is 5.32 Å². The van der Waals surface area contributed by atoms with Gasteiger partial charge in [0.1, 0.15) is 12.3 Å². The van der Waals surface area contributed by atoms with E-state index in [4.69, 9.17) is 4.42 Å². The van der Waals surface area contributed by atoms with Crippen LogP contribution in [0.3, 0.4) is 0 Å². The molecule has 1 N–H and O–H groups in total. The molecule has 2 aromatic carbocycles. The van der Waals surface area contributed by atoms with Gasteiger partial charge in [0.15, 0.2) is 0 Å². The van der Waals surface area contributed by atoms with E-state index >= 15 is 0 Å². The summed E-state index contributed by atoms with van der Waals surface area (Å²) in [4.78, 5) is 38.5. The van der Waals surface area contributed by atoms with Crippen LogP contribution in [0.1, 0.15) is 11.3 Å². The van der Waals surface area contributed by atoms with Crippen LogP contribution in [0.4, 0.5) is 18.9 Å². The summed E-state index contributed by atoms with van der Waals surface area (Å²) in [6, 6.07) is 13.9. The highest BCUT2D eigenvalue weighted by atomic mass is 19.4. The molecule has 2 heterocycles. The van der Waals surface area contributed by atoms with Gasteiger partial charge in [-0.2, -0.15) is 13.2 Å². The lowest BCUT2D eigenvalue weighted by Gasteiger charge is -2.16. The molecule has 0 aliphatic heterocycles. The topological polar surface area (TPSA) is 86.2 Å². The predicted octanol–water partition coefficient (Wildman–Crippen LogP) is 3.46. The van der Waals surface area contributed by atoms with Gasteiger partial charge in [0.25, 0.3) is 5.56 Å². The van der Waals surface area contributed by atoms with E-state index in [1.807, 2.05) is 0 Å². The number of fused-ring (bicyclic) bond motifs is 1. The smallest absolute Gasteiger partial charge is 0.418 e. The number of amides is 1. The third-order valence-electron chi connectivity index (χ3n) is 4.83. The van der Waals surface area contributed by atoms with Crippen molar-refractivity contribution in [3.63, 3.8) is 0 Å². The summed E-state index contributed by atoms with van der Waals surface area (Å²) in [5.74, 6) is -0.494. The van der Waals surface area contributed by atoms with E-state index in [1.165, 1.54) is 30.5 Å². The van der Waals surface area contributed by atoms with Gasteiger partial charge in [0, 0.05) is 0 Å². The molecule has 1 amide bonds. The molecule has 7 nitrogen and oxygen atoms in total. The molecule has 0 bridgehead atoms. The summed E-state index contributed by atoms with van der Waals surface area (Å²) in [5, 5.41) is 2.40. The third-order valence-corrected chi connectivity index (χ3v) is 4.83. The van der Waals surface area contributed by atoms with E-state index in [1.54, 1.807) is 24.3 Å². The van der Waals surface area contributed by atoms with E-state index in [0.29, 0.717) is 5.76 Å². The quantitative estimate of drug-likeness (QED) is 0.512. The summed E-state index contributed by atoms with van der Waals surface area (Å²) < 4.78 is 46.8. The van der Waals surface area contributed by atoms with Gasteiger partial charge in [0.05, 0.1) is 35.0 Å². The summed E-state index contributed by atoms with van der Waals surface area (Å²) in [6.07, 6.45) is -3.27. The SMILES string of the molecule is O=C(Cn1c(=O)n(Cc2ccco2)c(=O)c2ccccc21)Nc1ccccc1C(F)(F)F. The van der Waals surface area contributed by atoms with E-state index in [-0.39, 0.29) is 17.4 Å². The first kappa shape index (κ1) is 21.2. The molecule has 10 heteroatoms. The van der Waals surface area contributed by atoms with Crippen molar-refractivity contribution in [2.45, 2.75) is 19.3 Å². The predicted molar refractivity (Wildman–Crippen MR) is 110 cm³/mol. The van der Waals surface area contributed by atoms with Crippen molar-refractivity contribution in [2.24, 2.45) is 0 Å². The lowest BCUT2D eigenvalue weighted by molar-refractivity contribution is -0.137. The number of carbonyl (C=O) groups is 1. The number of rotatable bonds is 5. The number of para-hydroxylation sites is 2. The molecule has 2 aromatic heterocycles. The Morgan fingerprint density at radius 1 is 0.938 bits per heavy atom. The Balaban J connectivity index is 1.74. The normalized spacial score (nSPS) is 11.6. The number of carbonyl (C=O) groups excluding carboxylic acids is 1. The summed E-state index contributed by atoms with van der Waals surface area (Å²) >= 11 is 0. The van der Waals surface area contributed by atoms with Crippen molar-refractivity contribution < 1.29 is 22.4 Å². The molecule has 0 atom stereocenters. The first-order chi connectivity index (χ1) is 15.3. The lowest BCUT2D eigenvalue weighted by Crippen LogP contribution is -2.42. The van der Waals surface area contributed by atoms with Gasteiger partial charge in [-0.1, -0.05) is 24.3 Å². The summed E-state index contributed by atoms with van der Waals surface area (Å²) in [6.45, 7) is -0.752. The lowest BCUT2D eigenvalue weighted by atomic mass is 10.1. The Kier molecular flexibility index (Phi) is 5.43. The fourth-order valence-corrected chi connectivity index (χ4v) is 3.39. The number of nitrogens with zero attached hydrogens (tertiary/aromatic N) is 2. The number of furan rings is 1. The van der Waals surface area contributed by atoms with Crippen LogP contribution in [-0.4, -0.2) is 15.0 Å². The Morgan fingerprint density at radius 2 is 1.66 bits per heavy atom. The molecule has 0 aliphatic carbocycles. The van der Waals surface area contributed by atoms with Crippen LogP contribution in [0.2, 0.25) is 0 Å². The summed E-state index contributed by atoms with van der Waals surface area (Å²) in [7, 11) is 0. The number of nitrogens with one attached hydrogen (secondary N) is 1. The number of aromatic nitrogens is 2. The number of halogens is 3. The van der Waals surface area contributed by atoms with Gasteiger partial charge in [0.2, 0.25) is 5.91 Å². The Hall–Kier alpha value is -4.08. The largest absolute Gasteiger partial charge is 0.467 e. The Labute approximate surface area is 178 Å². The van der Waals surface area contributed by atoms with E-state index in [9.17, 15) is 27.6 Å². The first-order valence-corrected chi connectivity index (χ1v) is 9.46. The van der Waals surface area contributed by atoms with E-state index < -0.39 is 41.1 Å². The standard InChI is InChI=1S/C22H16F3N3O4/c23-22(24,25)16-8-2-3-9-17(16)26-19(29)13-27-18-10-4-1-7-15(18)20(30)28(21(27)31)12-14-6-5-11-32-14/h1-11H,12-13H2,(H,26,29). The van der Waals surface area contributed by atoms with Crippen molar-refractivity contribution in [3.05, 3.63) is 99.1 Å². The second-order valence-corrected chi connectivity index (χ2v) is 6.95. The maximum atomic E-state index is 13.2. The van der Waals surface area contributed by atoms with Crippen molar-refractivity contribution in [3.8, 4) is 0 Å². The minimum Gasteiger partial charge on any atom is -0.467 e. The molecule has 0 radical (unpaired) electrons. The number of benzene rings is 2. The van der Waals surface area contributed by atoms with E-state index in [0.717, 1.165) is 21.3 Å². The maximum Gasteiger partial charge on any atom is 0.418 e. The fourth-order valence-electron chi connectivity index (χ4n) is 3.39. The molecule has 0 unspecified atom stereocenters. The highest BCUT2D eigenvalue weighted by Gasteiger charge is 2.33. The first-order valence-electron chi connectivity index (χ1n) is 9.46. The monoisotopic (exact) mass is 443 g/mol. The number of hydrogen-bond acceptors (Lipinski definition) is 4. The van der Waals surface area contributed by atoms with Crippen molar-refractivity contribution >= 4 is 22.5 Å². The number of hydrogen-bond donors (Lipinski definition) is 1. The van der Waals surface area contributed by atoms with Crippen molar-refractivity contribution in [2.75, 3.05) is 5.32 Å². The van der Waals surface area contributed by atoms with Crippen molar-refractivity contribution in [1.82, 2.24) is 9.13 Å². The van der Waals surface area contributed by atoms with Crippen LogP contribution in [0.25, 0.3) is 10.9 Å². The zero-order chi connectivity index (χ0) is 22.9. The molecular weight excluding hydrogens is 427 g/mol. The molecule has 4 aromatic rings. The minimum absolute atomic E-state index is 0.159. The van der Waals surface area contributed by atoms with Gasteiger partial charge < -0.3 is 9.73 Å². The molecule has 164 valence electrons. The van der Waals surface area contributed by atoms with Crippen LogP contribution in [0, 0.1) is 0 Å². The zero-order valence-corrected chi connectivity index (χ0v) is 16.4. The number of alkyl halides is 3. The number of anilines is 1. The molecule has 0 saturated carbocycles. The maximum absolute atomic E-state index is 13.2. The fraction of sp³-hybridized carbons (Fsp3) is 0.136. The Bertz CT molecular complexity index is 1400. The second kappa shape index (κ2) is 8.22. The van der Waals surface area contributed by atoms with Crippen LogP contribution in [0.5, 0.6) is 0 Å². The summed E-state index contributed by atoms with van der Waals surface area (Å²) in [5.41, 5.74) is -2.59. The average molecular weight is 443 g/mol. The molecule has 32 heavy (non-hydrogen) atoms. The van der Waals surface area contributed by atoms with Crippen LogP contribution in [0.15, 0.2) is 80.9 Å². The Morgan fingerprint density at radius 3 is 2.38 bits per heavy atom. The van der Waals surface area contributed by atoms with Gasteiger partial charge >= 0.3 is 11.9 Å². The van der Waals surface area contributed by atoms with Gasteiger partial charge in [-0.05, 0) is 36.4 Å². The molecule has 0 spiro atoms. The molecule has 4 rings (SSSR count). The third kappa shape index (κ3) is 4.07. The molecule has 0 saturated heterocycles. The van der Waals surface area contributed by atoms with Gasteiger partial charge in [-0.15, -0.1) is 0 Å². The molecule has 0 aliphatic rings. The average Bonchev–Trinajstić information content (AvgIpc) is 3.27. The van der Waals surface area contributed by atoms with Crippen LogP contribution in [-0.2, 0) is 24.1 Å².